The first-order chi connectivity index (χ1) is 5.86. The second-order valence-electron chi connectivity index (χ2n) is 3.54. The SMILES string of the molecule is CCCO[C@H]1CC[C@H](C=O)CC1. The van der Waals surface area contributed by atoms with E-state index in [9.17, 15) is 4.79 Å². The third-order valence-electron chi connectivity index (χ3n) is 2.47. The maximum absolute atomic E-state index is 10.4. The highest BCUT2D eigenvalue weighted by molar-refractivity contribution is 5.53. The van der Waals surface area contributed by atoms with Gasteiger partial charge in [0.05, 0.1) is 6.10 Å². The highest BCUT2D eigenvalue weighted by Crippen LogP contribution is 2.24. The Morgan fingerprint density at radius 2 is 2.00 bits per heavy atom. The van der Waals surface area contributed by atoms with Gasteiger partial charge in [-0.05, 0) is 32.1 Å². The van der Waals surface area contributed by atoms with Crippen LogP contribution in [0.1, 0.15) is 39.0 Å². The van der Waals surface area contributed by atoms with Crippen LogP contribution in [0.5, 0.6) is 0 Å². The van der Waals surface area contributed by atoms with Crippen molar-refractivity contribution in [1.29, 1.82) is 0 Å². The van der Waals surface area contributed by atoms with Crippen molar-refractivity contribution < 1.29 is 9.53 Å². The number of hydrogen-bond donors (Lipinski definition) is 0. The van der Waals surface area contributed by atoms with Crippen LogP contribution in [-0.4, -0.2) is 19.0 Å². The lowest BCUT2D eigenvalue weighted by Gasteiger charge is -2.25. The highest BCUT2D eigenvalue weighted by Gasteiger charge is 2.20. The molecule has 1 saturated carbocycles. The number of ether oxygens (including phenoxy) is 1. The smallest absolute Gasteiger partial charge is 0.123 e. The standard InChI is InChI=1S/C10H18O2/c1-2-7-12-10-5-3-9(8-11)4-6-10/h8-10H,2-7H2,1H3/t9-,10-. The molecule has 0 spiro atoms. The maximum atomic E-state index is 10.4. The van der Waals surface area contributed by atoms with Gasteiger partial charge in [-0.1, -0.05) is 6.92 Å². The second kappa shape index (κ2) is 5.31. The van der Waals surface area contributed by atoms with Crippen molar-refractivity contribution in [3.05, 3.63) is 0 Å². The molecule has 0 bridgehead atoms. The first-order valence-corrected chi connectivity index (χ1v) is 4.93. The lowest BCUT2D eigenvalue weighted by molar-refractivity contribution is -0.112. The lowest BCUT2D eigenvalue weighted by Crippen LogP contribution is -2.22. The van der Waals surface area contributed by atoms with E-state index in [0.29, 0.717) is 12.0 Å². The average molecular weight is 170 g/mol. The van der Waals surface area contributed by atoms with E-state index in [1.165, 1.54) is 0 Å². The van der Waals surface area contributed by atoms with E-state index in [0.717, 1.165) is 45.0 Å². The molecule has 0 unspecified atom stereocenters. The molecule has 2 nitrogen and oxygen atoms in total. The van der Waals surface area contributed by atoms with Gasteiger partial charge in [-0.2, -0.15) is 0 Å². The van der Waals surface area contributed by atoms with Gasteiger partial charge >= 0.3 is 0 Å². The van der Waals surface area contributed by atoms with Crippen molar-refractivity contribution in [3.63, 3.8) is 0 Å². The van der Waals surface area contributed by atoms with Crippen LogP contribution < -0.4 is 0 Å². The fourth-order valence-electron chi connectivity index (χ4n) is 1.68. The van der Waals surface area contributed by atoms with Crippen LogP contribution in [0, 0.1) is 5.92 Å². The van der Waals surface area contributed by atoms with E-state index in [-0.39, 0.29) is 0 Å². The Balaban J connectivity index is 2.12. The third-order valence-corrected chi connectivity index (χ3v) is 2.47. The van der Waals surface area contributed by atoms with E-state index >= 15 is 0 Å². The Hall–Kier alpha value is -0.370. The van der Waals surface area contributed by atoms with Crippen molar-refractivity contribution in [3.8, 4) is 0 Å². The van der Waals surface area contributed by atoms with Gasteiger partial charge < -0.3 is 9.53 Å². The largest absolute Gasteiger partial charge is 0.378 e. The molecule has 0 saturated heterocycles. The molecular weight excluding hydrogens is 152 g/mol. The Bertz CT molecular complexity index is 126. The highest BCUT2D eigenvalue weighted by atomic mass is 16.5. The average Bonchev–Trinajstić information content (AvgIpc) is 2.15. The van der Waals surface area contributed by atoms with Crippen molar-refractivity contribution >= 4 is 6.29 Å². The molecule has 1 fully saturated rings. The maximum Gasteiger partial charge on any atom is 0.123 e. The summed E-state index contributed by atoms with van der Waals surface area (Å²) >= 11 is 0. The first kappa shape index (κ1) is 9.72. The minimum atomic E-state index is 0.312. The molecule has 1 aliphatic carbocycles. The Kier molecular flexibility index (Phi) is 4.30. The van der Waals surface area contributed by atoms with Crippen LogP contribution in [-0.2, 0) is 9.53 Å². The summed E-state index contributed by atoms with van der Waals surface area (Å²) in [7, 11) is 0. The van der Waals surface area contributed by atoms with Crippen molar-refractivity contribution in [2.24, 2.45) is 5.92 Å². The molecule has 1 aliphatic rings. The normalized spacial score (nSPS) is 30.1. The Morgan fingerprint density at radius 3 is 2.50 bits per heavy atom. The summed E-state index contributed by atoms with van der Waals surface area (Å²) in [6.07, 6.45) is 6.81. The van der Waals surface area contributed by atoms with Crippen LogP contribution >= 0.6 is 0 Å². The molecule has 2 heteroatoms. The van der Waals surface area contributed by atoms with Gasteiger partial charge in [0.25, 0.3) is 0 Å². The van der Waals surface area contributed by atoms with Crippen LogP contribution in [0.3, 0.4) is 0 Å². The summed E-state index contributed by atoms with van der Waals surface area (Å²) in [5.41, 5.74) is 0. The molecule has 0 aliphatic heterocycles. The molecule has 0 radical (unpaired) electrons. The van der Waals surface area contributed by atoms with Crippen LogP contribution in [0.15, 0.2) is 0 Å². The van der Waals surface area contributed by atoms with E-state index in [2.05, 4.69) is 6.92 Å². The van der Waals surface area contributed by atoms with Gasteiger partial charge in [-0.25, -0.2) is 0 Å². The zero-order chi connectivity index (χ0) is 8.81. The monoisotopic (exact) mass is 170 g/mol. The molecule has 12 heavy (non-hydrogen) atoms. The zero-order valence-corrected chi connectivity index (χ0v) is 7.79. The predicted molar refractivity (Wildman–Crippen MR) is 48.1 cm³/mol. The summed E-state index contributed by atoms with van der Waals surface area (Å²) in [5.74, 6) is 0.312. The first-order valence-electron chi connectivity index (χ1n) is 4.93. The van der Waals surface area contributed by atoms with Gasteiger partial charge in [0.2, 0.25) is 0 Å². The minimum Gasteiger partial charge on any atom is -0.378 e. The predicted octanol–water partition coefficient (Wildman–Crippen LogP) is 2.17. The molecule has 0 aromatic rings. The summed E-state index contributed by atoms with van der Waals surface area (Å²) in [6, 6.07) is 0. The minimum absolute atomic E-state index is 0.312. The molecule has 0 aromatic carbocycles. The second-order valence-corrected chi connectivity index (χ2v) is 3.54. The van der Waals surface area contributed by atoms with Gasteiger partial charge in [-0.3, -0.25) is 0 Å². The summed E-state index contributed by atoms with van der Waals surface area (Å²) in [6.45, 7) is 2.99. The zero-order valence-electron chi connectivity index (χ0n) is 7.79. The molecule has 0 heterocycles. The van der Waals surface area contributed by atoms with Gasteiger partial charge in [0.1, 0.15) is 6.29 Å². The molecule has 0 atom stereocenters. The van der Waals surface area contributed by atoms with E-state index in [1.807, 2.05) is 0 Å². The Labute approximate surface area is 74.3 Å². The van der Waals surface area contributed by atoms with Gasteiger partial charge in [0.15, 0.2) is 0 Å². The van der Waals surface area contributed by atoms with Crippen LogP contribution in [0.25, 0.3) is 0 Å². The van der Waals surface area contributed by atoms with E-state index < -0.39 is 0 Å². The fraction of sp³-hybridized carbons (Fsp3) is 0.900. The molecule has 0 amide bonds. The number of aldehydes is 1. The van der Waals surface area contributed by atoms with Gasteiger partial charge in [0, 0.05) is 12.5 Å². The number of carbonyl (C=O) groups excluding carboxylic acids is 1. The summed E-state index contributed by atoms with van der Waals surface area (Å²) < 4.78 is 5.61. The molecule has 0 N–H and O–H groups in total. The van der Waals surface area contributed by atoms with Crippen molar-refractivity contribution in [2.75, 3.05) is 6.61 Å². The van der Waals surface area contributed by atoms with E-state index in [1.54, 1.807) is 0 Å². The molecular formula is C10H18O2. The molecule has 0 aromatic heterocycles. The van der Waals surface area contributed by atoms with Gasteiger partial charge in [-0.15, -0.1) is 0 Å². The third kappa shape index (κ3) is 2.94. The lowest BCUT2D eigenvalue weighted by atomic mass is 9.88. The van der Waals surface area contributed by atoms with E-state index in [4.69, 9.17) is 4.74 Å². The molecule has 1 rings (SSSR count). The van der Waals surface area contributed by atoms with Crippen molar-refractivity contribution in [1.82, 2.24) is 0 Å². The van der Waals surface area contributed by atoms with Crippen LogP contribution in [0.4, 0.5) is 0 Å². The number of carbonyl (C=O) groups is 1. The summed E-state index contributed by atoms with van der Waals surface area (Å²) in [5, 5.41) is 0. The number of hydrogen-bond acceptors (Lipinski definition) is 2. The number of rotatable bonds is 4. The Morgan fingerprint density at radius 1 is 1.33 bits per heavy atom. The summed E-state index contributed by atoms with van der Waals surface area (Å²) in [4.78, 5) is 10.4. The van der Waals surface area contributed by atoms with Crippen molar-refractivity contribution in [2.45, 2.75) is 45.1 Å². The molecule has 70 valence electrons. The fourth-order valence-corrected chi connectivity index (χ4v) is 1.68. The topological polar surface area (TPSA) is 26.3 Å². The van der Waals surface area contributed by atoms with Crippen LogP contribution in [0.2, 0.25) is 0 Å². The quantitative estimate of drug-likeness (QED) is 0.604.